The van der Waals surface area contributed by atoms with Gasteiger partial charge in [0.2, 0.25) is 0 Å². The summed E-state index contributed by atoms with van der Waals surface area (Å²) >= 11 is 1.78. The van der Waals surface area contributed by atoms with Gasteiger partial charge >= 0.3 is 0 Å². The zero-order chi connectivity index (χ0) is 12.3. The van der Waals surface area contributed by atoms with Crippen LogP contribution in [0.3, 0.4) is 0 Å². The van der Waals surface area contributed by atoms with Crippen LogP contribution in [0, 0.1) is 0 Å². The van der Waals surface area contributed by atoms with Crippen molar-refractivity contribution in [2.75, 3.05) is 24.5 Å². The molecule has 0 aliphatic carbocycles. The molecule has 96 valence electrons. The summed E-state index contributed by atoms with van der Waals surface area (Å²) < 4.78 is 5.73. The molecule has 0 aromatic carbocycles. The third-order valence-corrected chi connectivity index (χ3v) is 3.84. The van der Waals surface area contributed by atoms with Crippen molar-refractivity contribution >= 4 is 16.5 Å². The van der Waals surface area contributed by atoms with Gasteiger partial charge in [-0.25, -0.2) is 4.98 Å². The highest BCUT2D eigenvalue weighted by Gasteiger charge is 2.24. The number of anilines is 1. The van der Waals surface area contributed by atoms with Gasteiger partial charge in [0.05, 0.1) is 12.2 Å². The first-order valence-corrected chi connectivity index (χ1v) is 7.06. The van der Waals surface area contributed by atoms with Gasteiger partial charge in [0.1, 0.15) is 0 Å². The van der Waals surface area contributed by atoms with Crippen molar-refractivity contribution in [2.45, 2.75) is 39.5 Å². The molecule has 17 heavy (non-hydrogen) atoms. The second-order valence-corrected chi connectivity index (χ2v) is 5.65. The lowest BCUT2D eigenvalue weighted by Gasteiger charge is -2.35. The Bertz CT molecular complexity index is 345. The van der Waals surface area contributed by atoms with Crippen LogP contribution < -0.4 is 10.2 Å². The van der Waals surface area contributed by atoms with Gasteiger partial charge in [0, 0.05) is 30.7 Å². The van der Waals surface area contributed by atoms with Crippen molar-refractivity contribution < 1.29 is 4.74 Å². The maximum atomic E-state index is 5.73. The molecule has 0 amide bonds. The molecule has 4 nitrogen and oxygen atoms in total. The summed E-state index contributed by atoms with van der Waals surface area (Å²) in [5.74, 6) is 0. The maximum absolute atomic E-state index is 5.73. The van der Waals surface area contributed by atoms with Crippen LogP contribution in [0.4, 0.5) is 5.13 Å². The van der Waals surface area contributed by atoms with Crippen LogP contribution >= 0.6 is 11.3 Å². The summed E-state index contributed by atoms with van der Waals surface area (Å²) in [7, 11) is 0. The first kappa shape index (κ1) is 12.8. The summed E-state index contributed by atoms with van der Waals surface area (Å²) in [5.41, 5.74) is 0. The zero-order valence-electron chi connectivity index (χ0n) is 10.8. The van der Waals surface area contributed by atoms with Crippen LogP contribution in [0.2, 0.25) is 0 Å². The van der Waals surface area contributed by atoms with Crippen molar-refractivity contribution in [3.05, 3.63) is 11.1 Å². The number of morpholine rings is 1. The predicted molar refractivity (Wildman–Crippen MR) is 71.7 cm³/mol. The highest BCUT2D eigenvalue weighted by molar-refractivity contribution is 7.15. The molecule has 0 saturated carbocycles. The lowest BCUT2D eigenvalue weighted by molar-refractivity contribution is -0.00522. The number of nitrogens with one attached hydrogen (secondary N) is 1. The highest BCUT2D eigenvalue weighted by Crippen LogP contribution is 2.25. The minimum absolute atomic E-state index is 0.292. The van der Waals surface area contributed by atoms with Crippen molar-refractivity contribution in [2.24, 2.45) is 0 Å². The molecule has 1 aromatic heterocycles. The van der Waals surface area contributed by atoms with Gasteiger partial charge in [-0.2, -0.15) is 0 Å². The first-order valence-electron chi connectivity index (χ1n) is 6.25. The molecule has 1 N–H and O–H groups in total. The first-order chi connectivity index (χ1) is 8.19. The summed E-state index contributed by atoms with van der Waals surface area (Å²) in [5, 5.41) is 4.45. The quantitative estimate of drug-likeness (QED) is 0.891. The van der Waals surface area contributed by atoms with Gasteiger partial charge in [-0.05, 0) is 20.4 Å². The average molecular weight is 255 g/mol. The van der Waals surface area contributed by atoms with E-state index in [-0.39, 0.29) is 0 Å². The summed E-state index contributed by atoms with van der Waals surface area (Å²) in [6, 6.07) is 0. The van der Waals surface area contributed by atoms with Gasteiger partial charge in [-0.3, -0.25) is 0 Å². The third-order valence-electron chi connectivity index (χ3n) is 2.78. The molecule has 2 heterocycles. The summed E-state index contributed by atoms with van der Waals surface area (Å²) in [4.78, 5) is 8.14. The fraction of sp³-hybridized carbons (Fsp3) is 0.750. The lowest BCUT2D eigenvalue weighted by Crippen LogP contribution is -2.45. The second kappa shape index (κ2) is 5.80. The molecule has 1 aliphatic heterocycles. The van der Waals surface area contributed by atoms with Crippen LogP contribution in [-0.4, -0.2) is 36.8 Å². The van der Waals surface area contributed by atoms with Crippen molar-refractivity contribution in [3.63, 3.8) is 0 Å². The van der Waals surface area contributed by atoms with E-state index in [0.29, 0.717) is 12.2 Å². The van der Waals surface area contributed by atoms with Gasteiger partial charge < -0.3 is 15.0 Å². The molecule has 0 bridgehead atoms. The minimum atomic E-state index is 0.292. The largest absolute Gasteiger partial charge is 0.372 e. The normalized spacial score (nSPS) is 25.2. The van der Waals surface area contributed by atoms with Gasteiger partial charge in [-0.15, -0.1) is 11.3 Å². The fourth-order valence-corrected chi connectivity index (χ4v) is 3.01. The summed E-state index contributed by atoms with van der Waals surface area (Å²) in [6.45, 7) is 10.2. The van der Waals surface area contributed by atoms with E-state index in [2.05, 4.69) is 36.0 Å². The predicted octanol–water partition coefficient (Wildman–Crippen LogP) is 1.87. The topological polar surface area (TPSA) is 37.4 Å². The van der Waals surface area contributed by atoms with Crippen LogP contribution in [0.15, 0.2) is 6.20 Å². The second-order valence-electron chi connectivity index (χ2n) is 4.55. The molecule has 1 aromatic rings. The highest BCUT2D eigenvalue weighted by atomic mass is 32.1. The Balaban J connectivity index is 1.98. The molecule has 0 unspecified atom stereocenters. The Hall–Kier alpha value is -0.650. The zero-order valence-corrected chi connectivity index (χ0v) is 11.6. The molecule has 0 radical (unpaired) electrons. The lowest BCUT2D eigenvalue weighted by atomic mass is 10.2. The number of thiazole rings is 1. The number of aromatic nitrogens is 1. The smallest absolute Gasteiger partial charge is 0.185 e. The number of hydrogen-bond donors (Lipinski definition) is 1. The molecule has 2 rings (SSSR count). The fourth-order valence-electron chi connectivity index (χ4n) is 2.11. The molecule has 1 fully saturated rings. The Morgan fingerprint density at radius 3 is 2.82 bits per heavy atom. The van der Waals surface area contributed by atoms with Crippen molar-refractivity contribution in [1.82, 2.24) is 10.3 Å². The van der Waals surface area contributed by atoms with Gasteiger partial charge in [-0.1, -0.05) is 6.92 Å². The standard InChI is InChI=1S/C12H21N3OS/c1-4-13-5-11-6-14-12(17-11)15-7-9(2)16-10(3)8-15/h6,9-10,13H,4-5,7-8H2,1-3H3/t9-,10+. The van der Waals surface area contributed by atoms with Crippen LogP contribution in [0.5, 0.6) is 0 Å². The monoisotopic (exact) mass is 255 g/mol. The molecular weight excluding hydrogens is 234 g/mol. The number of nitrogens with zero attached hydrogens (tertiary/aromatic N) is 2. The van der Waals surface area contributed by atoms with Crippen LogP contribution in [-0.2, 0) is 11.3 Å². The average Bonchev–Trinajstić information content (AvgIpc) is 2.73. The van der Waals surface area contributed by atoms with Crippen molar-refractivity contribution in [1.29, 1.82) is 0 Å². The van der Waals surface area contributed by atoms with E-state index in [9.17, 15) is 0 Å². The van der Waals surface area contributed by atoms with Crippen LogP contribution in [0.1, 0.15) is 25.6 Å². The van der Waals surface area contributed by atoms with E-state index in [0.717, 1.165) is 31.3 Å². The number of rotatable bonds is 4. The molecule has 1 aliphatic rings. The Morgan fingerprint density at radius 1 is 1.47 bits per heavy atom. The minimum Gasteiger partial charge on any atom is -0.372 e. The van der Waals surface area contributed by atoms with Gasteiger partial charge in [0.15, 0.2) is 5.13 Å². The Kier molecular flexibility index (Phi) is 4.36. The Labute approximate surface area is 107 Å². The van der Waals surface area contributed by atoms with E-state index >= 15 is 0 Å². The number of ether oxygens (including phenoxy) is 1. The van der Waals surface area contributed by atoms with E-state index in [4.69, 9.17) is 4.74 Å². The molecule has 1 saturated heterocycles. The maximum Gasteiger partial charge on any atom is 0.185 e. The van der Waals surface area contributed by atoms with E-state index in [1.807, 2.05) is 6.20 Å². The molecule has 0 spiro atoms. The van der Waals surface area contributed by atoms with E-state index in [1.54, 1.807) is 11.3 Å². The molecule has 2 atom stereocenters. The third kappa shape index (κ3) is 3.40. The number of hydrogen-bond acceptors (Lipinski definition) is 5. The van der Waals surface area contributed by atoms with E-state index < -0.39 is 0 Å². The van der Waals surface area contributed by atoms with Crippen LogP contribution in [0.25, 0.3) is 0 Å². The molecule has 5 heteroatoms. The Morgan fingerprint density at radius 2 is 2.18 bits per heavy atom. The molecular formula is C12H21N3OS. The SMILES string of the molecule is CCNCc1cnc(N2C[C@@H](C)O[C@@H](C)C2)s1. The van der Waals surface area contributed by atoms with Crippen molar-refractivity contribution in [3.8, 4) is 0 Å². The van der Waals surface area contributed by atoms with Gasteiger partial charge in [0.25, 0.3) is 0 Å². The van der Waals surface area contributed by atoms with E-state index in [1.165, 1.54) is 4.88 Å². The summed E-state index contributed by atoms with van der Waals surface area (Å²) in [6.07, 6.45) is 2.56.